The van der Waals surface area contributed by atoms with E-state index in [2.05, 4.69) is 33.0 Å². The van der Waals surface area contributed by atoms with Crippen LogP contribution in [0.2, 0.25) is 0 Å². The fourth-order valence-corrected chi connectivity index (χ4v) is 9.11. The number of amides is 1. The highest BCUT2D eigenvalue weighted by Crippen LogP contribution is 2.67. The minimum absolute atomic E-state index is 0.0415. The second-order valence-electron chi connectivity index (χ2n) is 13.0. The number of carbonyl (C=O) groups is 2. The van der Waals surface area contributed by atoms with Crippen LogP contribution in [0.5, 0.6) is 0 Å². The number of hydrogen-bond acceptors (Lipinski definition) is 3. The van der Waals surface area contributed by atoms with Crippen LogP contribution in [-0.2, 0) is 9.59 Å². The van der Waals surface area contributed by atoms with E-state index in [4.69, 9.17) is 0 Å². The van der Waals surface area contributed by atoms with Crippen molar-refractivity contribution in [1.29, 1.82) is 0 Å². The normalized spacial score (nSPS) is 46.9. The average molecular weight is 446 g/mol. The maximum absolute atomic E-state index is 13.6. The van der Waals surface area contributed by atoms with Gasteiger partial charge in [-0.05, 0) is 105 Å². The maximum atomic E-state index is 13.6. The van der Waals surface area contributed by atoms with E-state index in [1.54, 1.807) is 0 Å². The standard InChI is InChI=1S/C28H47NO3/c1-16(2)29-23(30)10-7-18(4)19-8-9-20-24-21(12-14-27(19,20)5)28(6)13-11-17(3)15-22(28)25(31)26(24)32/h16-22,24-25,31H,7-15H2,1-6H3,(H,29,30)/t17-,18-,19-,20+,21+,22+,24+,25-,27-,28-/m0/s1. The summed E-state index contributed by atoms with van der Waals surface area (Å²) >= 11 is 0. The molecule has 0 saturated heterocycles. The molecule has 4 aliphatic carbocycles. The van der Waals surface area contributed by atoms with Crippen molar-refractivity contribution in [2.24, 2.45) is 52.3 Å². The molecule has 0 aliphatic heterocycles. The van der Waals surface area contributed by atoms with E-state index in [1.807, 2.05) is 13.8 Å². The number of nitrogens with one attached hydrogen (secondary N) is 1. The van der Waals surface area contributed by atoms with Crippen LogP contribution >= 0.6 is 0 Å². The second-order valence-corrected chi connectivity index (χ2v) is 13.0. The minimum Gasteiger partial charge on any atom is -0.385 e. The summed E-state index contributed by atoms with van der Waals surface area (Å²) < 4.78 is 0. The Morgan fingerprint density at radius 3 is 2.38 bits per heavy atom. The molecule has 1 amide bonds. The zero-order valence-electron chi connectivity index (χ0n) is 21.3. The SMILES string of the molecule is CC(C)NC(=O)CC[C@H](C)[C@@H]1CC[C@@H]2[C@H]3C(=O)[C@@H](O)[C@H]4C[C@@H](C)CC[C@@]4(C)[C@@H]3CC[C@]21C. The van der Waals surface area contributed by atoms with Crippen LogP contribution < -0.4 is 5.32 Å². The molecular formula is C28H47NO3. The molecule has 182 valence electrons. The molecule has 4 rings (SSSR count). The second kappa shape index (κ2) is 8.71. The van der Waals surface area contributed by atoms with E-state index in [0.29, 0.717) is 36.0 Å². The van der Waals surface area contributed by atoms with Gasteiger partial charge in [-0.3, -0.25) is 9.59 Å². The predicted molar refractivity (Wildman–Crippen MR) is 128 cm³/mol. The largest absolute Gasteiger partial charge is 0.385 e. The van der Waals surface area contributed by atoms with Crippen molar-refractivity contribution in [3.8, 4) is 0 Å². The number of carbonyl (C=O) groups excluding carboxylic acids is 2. The van der Waals surface area contributed by atoms with Gasteiger partial charge >= 0.3 is 0 Å². The molecule has 0 aromatic rings. The van der Waals surface area contributed by atoms with Gasteiger partial charge in [0.25, 0.3) is 0 Å². The molecule has 4 aliphatic rings. The molecule has 4 nitrogen and oxygen atoms in total. The van der Waals surface area contributed by atoms with E-state index >= 15 is 0 Å². The molecule has 0 radical (unpaired) electrons. The number of ketones is 1. The molecular weight excluding hydrogens is 398 g/mol. The van der Waals surface area contributed by atoms with Gasteiger partial charge in [0, 0.05) is 18.4 Å². The first kappa shape index (κ1) is 24.2. The third-order valence-electron chi connectivity index (χ3n) is 10.8. The average Bonchev–Trinajstić information content (AvgIpc) is 3.08. The zero-order chi connectivity index (χ0) is 23.4. The summed E-state index contributed by atoms with van der Waals surface area (Å²) in [5.74, 6) is 3.05. The lowest BCUT2D eigenvalue weighted by molar-refractivity contribution is -0.180. The maximum Gasteiger partial charge on any atom is 0.220 e. The molecule has 4 heteroatoms. The van der Waals surface area contributed by atoms with E-state index in [0.717, 1.165) is 32.1 Å². The van der Waals surface area contributed by atoms with Gasteiger partial charge in [0.1, 0.15) is 6.10 Å². The molecule has 10 atom stereocenters. The molecule has 0 aromatic heterocycles. The monoisotopic (exact) mass is 445 g/mol. The highest BCUT2D eigenvalue weighted by molar-refractivity contribution is 5.87. The Labute approximate surface area is 195 Å². The van der Waals surface area contributed by atoms with Gasteiger partial charge in [-0.1, -0.05) is 34.1 Å². The van der Waals surface area contributed by atoms with Crippen molar-refractivity contribution in [3.63, 3.8) is 0 Å². The molecule has 2 N–H and O–H groups in total. The highest BCUT2D eigenvalue weighted by Gasteiger charge is 2.65. The van der Waals surface area contributed by atoms with Crippen molar-refractivity contribution >= 4 is 11.7 Å². The Hall–Kier alpha value is -0.900. The van der Waals surface area contributed by atoms with Gasteiger partial charge in [-0.15, -0.1) is 0 Å². The number of aliphatic hydroxyl groups excluding tert-OH is 1. The lowest BCUT2D eigenvalue weighted by Gasteiger charge is -2.61. The fraction of sp³-hybridized carbons (Fsp3) is 0.929. The van der Waals surface area contributed by atoms with Gasteiger partial charge in [0.2, 0.25) is 5.91 Å². The lowest BCUT2D eigenvalue weighted by Crippen LogP contribution is -2.62. The van der Waals surface area contributed by atoms with Crippen LogP contribution in [0.3, 0.4) is 0 Å². The van der Waals surface area contributed by atoms with Crippen LogP contribution in [0, 0.1) is 52.3 Å². The topological polar surface area (TPSA) is 66.4 Å². The first-order valence-corrected chi connectivity index (χ1v) is 13.5. The summed E-state index contributed by atoms with van der Waals surface area (Å²) in [7, 11) is 0. The number of aliphatic hydroxyl groups is 1. The van der Waals surface area contributed by atoms with Gasteiger partial charge in [-0.2, -0.15) is 0 Å². The molecule has 4 saturated carbocycles. The third kappa shape index (κ3) is 3.87. The first-order valence-electron chi connectivity index (χ1n) is 13.5. The predicted octanol–water partition coefficient (Wildman–Crippen LogP) is 5.37. The number of fused-ring (bicyclic) bond motifs is 5. The van der Waals surface area contributed by atoms with Crippen molar-refractivity contribution in [2.75, 3.05) is 0 Å². The van der Waals surface area contributed by atoms with Gasteiger partial charge in [0.05, 0.1) is 0 Å². The Bertz CT molecular complexity index is 734. The van der Waals surface area contributed by atoms with Crippen LogP contribution in [0.15, 0.2) is 0 Å². The number of Topliss-reactive ketones (excluding diaryl/α,β-unsaturated/α-hetero) is 1. The van der Waals surface area contributed by atoms with Crippen molar-refractivity contribution < 1.29 is 14.7 Å². The first-order chi connectivity index (χ1) is 15.0. The summed E-state index contributed by atoms with van der Waals surface area (Å²) in [4.78, 5) is 25.9. The molecule has 0 unspecified atom stereocenters. The summed E-state index contributed by atoms with van der Waals surface area (Å²) in [5.41, 5.74) is 0.278. The lowest BCUT2D eigenvalue weighted by atomic mass is 9.43. The van der Waals surface area contributed by atoms with Crippen LogP contribution in [0.25, 0.3) is 0 Å². The van der Waals surface area contributed by atoms with Crippen LogP contribution in [-0.4, -0.2) is 28.9 Å². The summed E-state index contributed by atoms with van der Waals surface area (Å²) in [5, 5.41) is 14.2. The minimum atomic E-state index is -0.762. The van der Waals surface area contributed by atoms with Crippen LogP contribution in [0.4, 0.5) is 0 Å². The Morgan fingerprint density at radius 2 is 1.69 bits per heavy atom. The number of hydrogen-bond donors (Lipinski definition) is 2. The molecule has 0 heterocycles. The molecule has 4 fully saturated rings. The Kier molecular flexibility index (Phi) is 6.59. The van der Waals surface area contributed by atoms with Gasteiger partial charge < -0.3 is 10.4 Å². The fourth-order valence-electron chi connectivity index (χ4n) is 9.11. The van der Waals surface area contributed by atoms with E-state index in [9.17, 15) is 14.7 Å². The quantitative estimate of drug-likeness (QED) is 0.598. The Morgan fingerprint density at radius 1 is 1.03 bits per heavy atom. The Balaban J connectivity index is 1.51. The smallest absolute Gasteiger partial charge is 0.220 e. The zero-order valence-corrected chi connectivity index (χ0v) is 21.3. The van der Waals surface area contributed by atoms with Crippen molar-refractivity contribution in [1.82, 2.24) is 5.32 Å². The van der Waals surface area contributed by atoms with Gasteiger partial charge in [0.15, 0.2) is 5.78 Å². The molecule has 32 heavy (non-hydrogen) atoms. The van der Waals surface area contributed by atoms with E-state index < -0.39 is 6.10 Å². The van der Waals surface area contributed by atoms with Crippen LogP contribution in [0.1, 0.15) is 99.3 Å². The third-order valence-corrected chi connectivity index (χ3v) is 10.8. The summed E-state index contributed by atoms with van der Waals surface area (Å²) in [6, 6.07) is 0.193. The van der Waals surface area contributed by atoms with E-state index in [1.165, 1.54) is 19.3 Å². The number of rotatable bonds is 5. The molecule has 0 spiro atoms. The van der Waals surface area contributed by atoms with E-state index in [-0.39, 0.29) is 40.4 Å². The summed E-state index contributed by atoms with van der Waals surface area (Å²) in [6.45, 7) is 13.5. The molecule has 0 bridgehead atoms. The van der Waals surface area contributed by atoms with Crippen molar-refractivity contribution in [2.45, 2.75) is 111 Å². The van der Waals surface area contributed by atoms with Gasteiger partial charge in [-0.25, -0.2) is 0 Å². The summed E-state index contributed by atoms with van der Waals surface area (Å²) in [6.07, 6.45) is 8.77. The highest BCUT2D eigenvalue weighted by atomic mass is 16.3. The molecule has 0 aromatic carbocycles. The van der Waals surface area contributed by atoms with Crippen molar-refractivity contribution in [3.05, 3.63) is 0 Å².